The molecule has 0 bridgehead atoms. The lowest BCUT2D eigenvalue weighted by molar-refractivity contribution is -0.384. The summed E-state index contributed by atoms with van der Waals surface area (Å²) in [5.41, 5.74) is -2.62. The largest absolute Gasteiger partial charge is 1.00 e. The number of alkyl halides is 6. The number of halogens is 7. The first-order chi connectivity index (χ1) is 23.2. The molecule has 1 N–H and O–H groups in total. The highest BCUT2D eigenvalue weighted by Crippen LogP contribution is 2.60. The van der Waals surface area contributed by atoms with Gasteiger partial charge < -0.3 is 22.3 Å². The van der Waals surface area contributed by atoms with E-state index in [1.54, 1.807) is 30.3 Å². The Morgan fingerprint density at radius 2 is 1.16 bits per heavy atom. The van der Waals surface area contributed by atoms with Gasteiger partial charge >= 0.3 is 12.4 Å². The first kappa shape index (κ1) is 38.3. The van der Waals surface area contributed by atoms with E-state index in [4.69, 9.17) is 0 Å². The molecule has 0 aliphatic heterocycles. The van der Waals surface area contributed by atoms with Crippen LogP contribution < -0.4 is 32.9 Å². The minimum atomic E-state index is -5.13. The molecule has 13 heteroatoms. The monoisotopic (exact) mass is 774 g/mol. The van der Waals surface area contributed by atoms with Crippen molar-refractivity contribution in [1.82, 2.24) is 5.32 Å². The highest BCUT2D eigenvalue weighted by Gasteiger charge is 2.46. The Balaban J connectivity index is 0.00000562. The van der Waals surface area contributed by atoms with E-state index in [-0.39, 0.29) is 41.3 Å². The first-order valence-corrected chi connectivity index (χ1v) is 17.3. The highest BCUT2D eigenvalue weighted by molar-refractivity contribution is 7.88. The van der Waals surface area contributed by atoms with Crippen LogP contribution in [0.4, 0.5) is 32.0 Å². The van der Waals surface area contributed by atoms with Gasteiger partial charge in [-0.2, -0.15) is 26.3 Å². The third-order valence-electron chi connectivity index (χ3n) is 8.12. The Bertz CT molecular complexity index is 1840. The summed E-state index contributed by atoms with van der Waals surface area (Å²) in [5, 5.41) is 16.3. The number of benzene rings is 5. The lowest BCUT2D eigenvalue weighted by atomic mass is 10.0. The van der Waals surface area contributed by atoms with Gasteiger partial charge in [-0.25, -0.2) is 0 Å². The van der Waals surface area contributed by atoms with E-state index >= 15 is 0 Å². The number of nitro benzene ring substituents is 1. The first-order valence-electron chi connectivity index (χ1n) is 15.1. The van der Waals surface area contributed by atoms with Crippen LogP contribution >= 0.6 is 7.26 Å². The Labute approximate surface area is 295 Å². The van der Waals surface area contributed by atoms with E-state index in [1.165, 1.54) is 12.1 Å². The predicted octanol–water partition coefficient (Wildman–Crippen LogP) is 5.85. The zero-order valence-electron chi connectivity index (χ0n) is 26.2. The molecule has 0 aliphatic rings. The average Bonchev–Trinajstić information content (AvgIpc) is 3.08. The highest BCUT2D eigenvalue weighted by atomic mass is 79.9. The molecule has 0 saturated carbocycles. The maximum absolute atomic E-state index is 13.7. The van der Waals surface area contributed by atoms with Gasteiger partial charge in [-0.15, -0.1) is 0 Å². The van der Waals surface area contributed by atoms with Gasteiger partial charge in [0.25, 0.3) is 11.6 Å². The zero-order valence-corrected chi connectivity index (χ0v) is 28.6. The van der Waals surface area contributed by atoms with Gasteiger partial charge in [0, 0.05) is 17.7 Å². The van der Waals surface area contributed by atoms with E-state index in [0.717, 1.165) is 16.2 Å². The molecule has 5 rings (SSSR count). The summed E-state index contributed by atoms with van der Waals surface area (Å²) < 4.78 is 82.2. The molecule has 0 fully saturated rings. The second kappa shape index (κ2) is 16.0. The molecule has 0 aromatic heterocycles. The minimum Gasteiger partial charge on any atom is -1.00 e. The Morgan fingerprint density at radius 3 is 1.64 bits per heavy atom. The molecular formula is C37H30BrF6N2O3P. The third kappa shape index (κ3) is 9.37. The van der Waals surface area contributed by atoms with Crippen molar-refractivity contribution in [3.8, 4) is 0 Å². The molecule has 0 aliphatic carbocycles. The molecular weight excluding hydrogens is 745 g/mol. The van der Waals surface area contributed by atoms with Crippen molar-refractivity contribution >= 4 is 29.5 Å². The fourth-order valence-electron chi connectivity index (χ4n) is 5.90. The number of rotatable bonds is 11. The van der Waals surface area contributed by atoms with Crippen LogP contribution in [0.3, 0.4) is 0 Å². The van der Waals surface area contributed by atoms with Crippen molar-refractivity contribution in [1.29, 1.82) is 0 Å². The lowest BCUT2D eigenvalue weighted by Crippen LogP contribution is -3.00. The number of amides is 1. The van der Waals surface area contributed by atoms with Crippen molar-refractivity contribution in [2.75, 3.05) is 6.16 Å². The summed E-state index contributed by atoms with van der Waals surface area (Å²) >= 11 is 0. The van der Waals surface area contributed by atoms with Gasteiger partial charge in [0.05, 0.1) is 52.3 Å². The molecule has 0 saturated heterocycles. The summed E-state index contributed by atoms with van der Waals surface area (Å²) in [7, 11) is -2.68. The number of nitro groups is 1. The molecule has 260 valence electrons. The fourth-order valence-corrected chi connectivity index (χ4v) is 10.4. The van der Waals surface area contributed by atoms with Gasteiger partial charge in [-0.05, 0) is 60.0 Å². The van der Waals surface area contributed by atoms with E-state index < -0.39 is 53.2 Å². The Hall–Kier alpha value is -4.54. The summed E-state index contributed by atoms with van der Waals surface area (Å²) in [4.78, 5) is 24.9. The smallest absolute Gasteiger partial charge is 0.416 e. The molecule has 1 amide bonds. The van der Waals surface area contributed by atoms with Gasteiger partial charge in [0.15, 0.2) is 0 Å². The minimum absolute atomic E-state index is 0. The van der Waals surface area contributed by atoms with Crippen LogP contribution in [-0.4, -0.2) is 23.0 Å². The summed E-state index contributed by atoms with van der Waals surface area (Å²) in [6, 6.07) is 34.1. The number of nitrogens with one attached hydrogen (secondary N) is 1. The zero-order chi connectivity index (χ0) is 35.2. The average molecular weight is 776 g/mol. The molecule has 0 unspecified atom stereocenters. The van der Waals surface area contributed by atoms with Crippen molar-refractivity contribution in [2.24, 2.45) is 0 Å². The molecule has 0 heterocycles. The van der Waals surface area contributed by atoms with E-state index in [9.17, 15) is 41.3 Å². The fraction of sp³-hybridized carbons (Fsp3) is 0.162. The number of hydrogen-bond donors (Lipinski definition) is 1. The van der Waals surface area contributed by atoms with Gasteiger partial charge in [0.1, 0.15) is 0 Å². The summed E-state index contributed by atoms with van der Waals surface area (Å²) in [5.74, 6) is -1.09. The van der Waals surface area contributed by atoms with Crippen molar-refractivity contribution < 1.29 is 53.0 Å². The number of carbonyl (C=O) groups is 1. The van der Waals surface area contributed by atoms with Crippen LogP contribution in [-0.2, 0) is 24.9 Å². The van der Waals surface area contributed by atoms with Gasteiger partial charge in [0.2, 0.25) is 0 Å². The second-order valence-electron chi connectivity index (χ2n) is 11.6. The molecule has 5 aromatic carbocycles. The number of hydrogen-bond acceptors (Lipinski definition) is 3. The molecule has 1 atom stereocenters. The maximum atomic E-state index is 13.7. The predicted molar refractivity (Wildman–Crippen MR) is 179 cm³/mol. The molecule has 0 radical (unpaired) electrons. The van der Waals surface area contributed by atoms with Crippen LogP contribution in [0, 0.1) is 10.1 Å². The van der Waals surface area contributed by atoms with Crippen LogP contribution in [0.15, 0.2) is 133 Å². The second-order valence-corrected chi connectivity index (χ2v) is 15.2. The lowest BCUT2D eigenvalue weighted by Gasteiger charge is -2.32. The number of nitrogens with zero attached hydrogens (tertiary/aromatic N) is 1. The van der Waals surface area contributed by atoms with E-state index in [0.29, 0.717) is 23.9 Å². The Morgan fingerprint density at radius 1 is 0.680 bits per heavy atom. The van der Waals surface area contributed by atoms with Crippen LogP contribution in [0.25, 0.3) is 0 Å². The third-order valence-corrected chi connectivity index (χ3v) is 12.7. The molecule has 0 spiro atoms. The quantitative estimate of drug-likeness (QED) is 0.0794. The molecule has 5 aromatic rings. The Kier molecular flexibility index (Phi) is 12.2. The summed E-state index contributed by atoms with van der Waals surface area (Å²) in [6.07, 6.45) is -9.49. The van der Waals surface area contributed by atoms with Crippen molar-refractivity contribution in [3.63, 3.8) is 0 Å². The normalized spacial score (nSPS) is 12.4. The van der Waals surface area contributed by atoms with Crippen molar-refractivity contribution in [2.45, 2.75) is 31.0 Å². The number of carbonyl (C=O) groups excluding carboxylic acids is 1. The van der Waals surface area contributed by atoms with E-state index in [1.807, 2.05) is 72.8 Å². The maximum Gasteiger partial charge on any atom is 0.416 e. The van der Waals surface area contributed by atoms with Gasteiger partial charge in [-0.1, -0.05) is 78.9 Å². The number of non-ortho nitro benzene ring substituents is 1. The summed E-state index contributed by atoms with van der Waals surface area (Å²) in [6.45, 7) is 0. The van der Waals surface area contributed by atoms with E-state index in [2.05, 4.69) is 5.32 Å². The van der Waals surface area contributed by atoms with Crippen LogP contribution in [0.1, 0.15) is 32.6 Å². The van der Waals surface area contributed by atoms with Gasteiger partial charge in [-0.3, -0.25) is 14.9 Å². The topological polar surface area (TPSA) is 72.2 Å². The van der Waals surface area contributed by atoms with Crippen molar-refractivity contribution in [3.05, 3.63) is 171 Å². The standard InChI is InChI=1S/C37H29F6N2O3P.BrH/c38-36(39,40)29-21-28(22-30(23-29)37(41,42)43)35(46)44-31(19-26-11-4-1-5-12-26)25-49(33-15-6-2-7-16-33,34-17-8-3-9-18-34)24-27-13-10-14-32(20-27)45(47)48;/h1-18,20-23,31H,19,24-25H2;1H/t31-;/m0./s1. The SMILES string of the molecule is O=C(N[C@@H](Cc1ccccc1)C[P+](Cc1cccc([N+](=O)[O-])c1)(c1ccccc1)c1ccccc1)c1cc(C(F)(F)F)cc(C(F)(F)F)c1.[Br-]. The van der Waals surface area contributed by atoms with Crippen LogP contribution in [0.5, 0.6) is 0 Å². The van der Waals surface area contributed by atoms with Crippen LogP contribution in [0.2, 0.25) is 0 Å². The molecule has 50 heavy (non-hydrogen) atoms. The molecule has 5 nitrogen and oxygen atoms in total.